The highest BCUT2D eigenvalue weighted by Gasteiger charge is 2.16. The molecule has 0 spiro atoms. The molecule has 0 atom stereocenters. The van der Waals surface area contributed by atoms with Gasteiger partial charge in [-0.25, -0.2) is 0 Å². The van der Waals surface area contributed by atoms with Crippen molar-refractivity contribution in [3.05, 3.63) is 57.6 Å². The average molecular weight is 385 g/mol. The zero-order valence-corrected chi connectivity index (χ0v) is 15.0. The Morgan fingerprint density at radius 2 is 2.04 bits per heavy atom. The number of ether oxygens (including phenoxy) is 2. The minimum Gasteiger partial charge on any atom is -0.493 e. The molecule has 2 aromatic carbocycles. The maximum absolute atomic E-state index is 12.0. The normalized spacial score (nSPS) is 10.1. The zero-order chi connectivity index (χ0) is 17.7. The third-order valence-electron chi connectivity index (χ3n) is 3.00. The van der Waals surface area contributed by atoms with Crippen molar-refractivity contribution in [3.8, 4) is 11.5 Å². The Morgan fingerprint density at radius 1 is 1.29 bits per heavy atom. The van der Waals surface area contributed by atoms with Gasteiger partial charge in [-0.05, 0) is 42.0 Å². The second-order valence-electron chi connectivity index (χ2n) is 4.73. The van der Waals surface area contributed by atoms with Crippen LogP contribution in [-0.2, 0) is 6.61 Å². The van der Waals surface area contributed by atoms with Gasteiger partial charge in [-0.3, -0.25) is 10.1 Å². The molecule has 0 unspecified atom stereocenters. The summed E-state index contributed by atoms with van der Waals surface area (Å²) in [6.07, 6.45) is 0. The lowest BCUT2D eigenvalue weighted by atomic mass is 10.2. The van der Waals surface area contributed by atoms with Crippen LogP contribution in [0.1, 0.15) is 15.9 Å². The number of hydrogen-bond acceptors (Lipinski definition) is 4. The number of benzene rings is 2. The maximum atomic E-state index is 12.0. The van der Waals surface area contributed by atoms with E-state index in [2.05, 4.69) is 17.5 Å². The van der Waals surface area contributed by atoms with Crippen molar-refractivity contribution in [2.45, 2.75) is 6.61 Å². The van der Waals surface area contributed by atoms with Crippen molar-refractivity contribution in [2.75, 3.05) is 7.11 Å². The molecule has 0 saturated heterocycles. The molecule has 0 aromatic heterocycles. The summed E-state index contributed by atoms with van der Waals surface area (Å²) in [7, 11) is 1.45. The highest BCUT2D eigenvalue weighted by Crippen LogP contribution is 2.37. The number of rotatable bonds is 5. The van der Waals surface area contributed by atoms with Crippen molar-refractivity contribution >= 4 is 46.4 Å². The fourth-order valence-electron chi connectivity index (χ4n) is 1.96. The maximum Gasteiger partial charge on any atom is 0.257 e. The summed E-state index contributed by atoms with van der Waals surface area (Å²) in [6, 6.07) is 10.2. The number of nitrogens with two attached hydrogens (primary N) is 1. The van der Waals surface area contributed by atoms with Crippen LogP contribution in [-0.4, -0.2) is 18.1 Å². The van der Waals surface area contributed by atoms with E-state index in [-0.39, 0.29) is 22.3 Å². The number of carbonyl (C=O) groups is 1. The summed E-state index contributed by atoms with van der Waals surface area (Å²) >= 11 is 16.8. The lowest BCUT2D eigenvalue weighted by Crippen LogP contribution is -2.34. The van der Waals surface area contributed by atoms with E-state index >= 15 is 0 Å². The highest BCUT2D eigenvalue weighted by atomic mass is 35.5. The van der Waals surface area contributed by atoms with Gasteiger partial charge in [-0.2, -0.15) is 0 Å². The minimum absolute atomic E-state index is 0.128. The van der Waals surface area contributed by atoms with Gasteiger partial charge in [0, 0.05) is 10.6 Å². The third-order valence-corrected chi connectivity index (χ3v) is 3.62. The molecule has 0 fully saturated rings. The fourth-order valence-corrected chi connectivity index (χ4v) is 2.53. The Balaban J connectivity index is 2.23. The fraction of sp³-hybridized carbons (Fsp3) is 0.125. The van der Waals surface area contributed by atoms with Gasteiger partial charge in [-0.1, -0.05) is 35.3 Å². The van der Waals surface area contributed by atoms with Crippen LogP contribution >= 0.6 is 35.4 Å². The standard InChI is InChI=1S/C16H14Cl2N2O3S/c1-22-13-7-10(15(21)20-16(19)24)6-12(18)14(13)23-8-9-3-2-4-11(17)5-9/h2-7H,8H2,1H3,(H3,19,20,21,24). The van der Waals surface area contributed by atoms with E-state index in [1.165, 1.54) is 19.2 Å². The molecular weight excluding hydrogens is 371 g/mol. The molecule has 8 heteroatoms. The van der Waals surface area contributed by atoms with Crippen LogP contribution in [0.15, 0.2) is 36.4 Å². The summed E-state index contributed by atoms with van der Waals surface area (Å²) < 4.78 is 11.0. The van der Waals surface area contributed by atoms with Gasteiger partial charge in [0.1, 0.15) is 6.61 Å². The quantitative estimate of drug-likeness (QED) is 0.770. The lowest BCUT2D eigenvalue weighted by molar-refractivity contribution is 0.0977. The van der Waals surface area contributed by atoms with Crippen LogP contribution in [0.5, 0.6) is 11.5 Å². The number of nitrogens with one attached hydrogen (secondary N) is 1. The first-order valence-corrected chi connectivity index (χ1v) is 7.92. The van der Waals surface area contributed by atoms with Crippen molar-refractivity contribution in [1.29, 1.82) is 0 Å². The average Bonchev–Trinajstić information content (AvgIpc) is 2.52. The van der Waals surface area contributed by atoms with Gasteiger partial charge < -0.3 is 15.2 Å². The Hall–Kier alpha value is -2.02. The molecule has 0 aliphatic carbocycles. The number of halogens is 2. The van der Waals surface area contributed by atoms with Gasteiger partial charge in [0.2, 0.25) is 0 Å². The van der Waals surface area contributed by atoms with E-state index in [1.54, 1.807) is 12.1 Å². The summed E-state index contributed by atoms with van der Waals surface area (Å²) in [6.45, 7) is 0.245. The molecule has 126 valence electrons. The van der Waals surface area contributed by atoms with Crippen molar-refractivity contribution in [1.82, 2.24) is 5.32 Å². The number of carbonyl (C=O) groups excluding carboxylic acids is 1. The smallest absolute Gasteiger partial charge is 0.257 e. The van der Waals surface area contributed by atoms with Crippen LogP contribution in [0, 0.1) is 0 Å². The highest BCUT2D eigenvalue weighted by molar-refractivity contribution is 7.80. The molecule has 2 rings (SSSR count). The topological polar surface area (TPSA) is 73.6 Å². The van der Waals surface area contributed by atoms with Crippen LogP contribution in [0.2, 0.25) is 10.0 Å². The van der Waals surface area contributed by atoms with Crippen LogP contribution < -0.4 is 20.5 Å². The minimum atomic E-state index is -0.482. The molecule has 24 heavy (non-hydrogen) atoms. The molecule has 2 aromatic rings. The van der Waals surface area contributed by atoms with E-state index in [0.29, 0.717) is 16.5 Å². The second kappa shape index (κ2) is 8.19. The molecule has 0 heterocycles. The molecule has 0 saturated carbocycles. The predicted molar refractivity (Wildman–Crippen MR) is 98.0 cm³/mol. The molecular formula is C16H14Cl2N2O3S. The van der Waals surface area contributed by atoms with Gasteiger partial charge in [-0.15, -0.1) is 0 Å². The van der Waals surface area contributed by atoms with Crippen molar-refractivity contribution in [2.24, 2.45) is 5.73 Å². The van der Waals surface area contributed by atoms with E-state index in [9.17, 15) is 4.79 Å². The molecule has 3 N–H and O–H groups in total. The Bertz CT molecular complexity index is 784. The first-order chi connectivity index (χ1) is 11.4. The van der Waals surface area contributed by atoms with Crippen LogP contribution in [0.4, 0.5) is 0 Å². The Morgan fingerprint density at radius 3 is 2.67 bits per heavy atom. The zero-order valence-electron chi connectivity index (χ0n) is 12.6. The predicted octanol–water partition coefficient (Wildman–Crippen LogP) is 3.55. The second-order valence-corrected chi connectivity index (χ2v) is 6.01. The summed E-state index contributed by atoms with van der Waals surface area (Å²) in [5.41, 5.74) is 6.41. The first kappa shape index (κ1) is 18.3. The van der Waals surface area contributed by atoms with E-state index in [1.807, 2.05) is 12.1 Å². The largest absolute Gasteiger partial charge is 0.493 e. The van der Waals surface area contributed by atoms with Crippen LogP contribution in [0.25, 0.3) is 0 Å². The van der Waals surface area contributed by atoms with Gasteiger partial charge in [0.05, 0.1) is 12.1 Å². The number of hydrogen-bond donors (Lipinski definition) is 2. The number of thiocarbonyl (C=S) groups is 1. The molecule has 0 aliphatic heterocycles. The molecule has 0 bridgehead atoms. The van der Waals surface area contributed by atoms with E-state index in [4.69, 9.17) is 38.4 Å². The third kappa shape index (κ3) is 4.74. The molecule has 0 aliphatic rings. The number of methoxy groups -OCH3 is 1. The van der Waals surface area contributed by atoms with Gasteiger partial charge in [0.25, 0.3) is 5.91 Å². The van der Waals surface area contributed by atoms with Gasteiger partial charge in [0.15, 0.2) is 16.6 Å². The first-order valence-electron chi connectivity index (χ1n) is 6.76. The number of amides is 1. The Labute approximate surface area is 154 Å². The molecule has 5 nitrogen and oxygen atoms in total. The molecule has 1 amide bonds. The summed E-state index contributed by atoms with van der Waals surface area (Å²) in [4.78, 5) is 12.0. The SMILES string of the molecule is COc1cc(C(=O)NC(N)=S)cc(Cl)c1OCc1cccc(Cl)c1. The van der Waals surface area contributed by atoms with Gasteiger partial charge >= 0.3 is 0 Å². The molecule has 0 radical (unpaired) electrons. The van der Waals surface area contributed by atoms with Crippen molar-refractivity contribution < 1.29 is 14.3 Å². The van der Waals surface area contributed by atoms with E-state index < -0.39 is 5.91 Å². The monoisotopic (exact) mass is 384 g/mol. The summed E-state index contributed by atoms with van der Waals surface area (Å²) in [5, 5.41) is 3.03. The van der Waals surface area contributed by atoms with Crippen molar-refractivity contribution in [3.63, 3.8) is 0 Å². The van der Waals surface area contributed by atoms with E-state index in [0.717, 1.165) is 5.56 Å². The van der Waals surface area contributed by atoms with Crippen LogP contribution in [0.3, 0.4) is 0 Å². The lowest BCUT2D eigenvalue weighted by Gasteiger charge is -2.14. The summed E-state index contributed by atoms with van der Waals surface area (Å²) in [5.74, 6) is 0.160. The Kier molecular flexibility index (Phi) is 6.25.